The Morgan fingerprint density at radius 1 is 1.04 bits per heavy atom. The molecule has 4 heterocycles. The number of amidine groups is 1. The molecule has 3 aromatic carbocycles. The van der Waals surface area contributed by atoms with E-state index in [-0.39, 0.29) is 59.0 Å². The number of phenols is 2. The van der Waals surface area contributed by atoms with E-state index in [1.165, 1.54) is 24.5 Å². The SMILES string of the molecule is CCc1cc(O)cc(COc2c(OC3OC(C(=O)O)C(O)(CC4=NC=NC4)C(O)C3O)cc3c(c2O)C(O)=CC(c2ccc(OCCC4=NC(=N)C=C4)cc2)O3)c1. The van der Waals surface area contributed by atoms with Gasteiger partial charge in [0.05, 0.1) is 13.2 Å². The number of hydrogen-bond donors (Lipinski definition) is 8. The molecule has 3 aromatic rings. The molecule has 57 heavy (non-hydrogen) atoms. The molecule has 1 fully saturated rings. The van der Waals surface area contributed by atoms with Crippen molar-refractivity contribution >= 4 is 35.3 Å². The molecule has 6 atom stereocenters. The van der Waals surface area contributed by atoms with Crippen molar-refractivity contribution in [3.8, 4) is 34.5 Å². The molecule has 17 nitrogen and oxygen atoms in total. The number of aliphatic carboxylic acids is 1. The van der Waals surface area contributed by atoms with Crippen LogP contribution < -0.4 is 18.9 Å². The molecule has 17 heteroatoms. The molecule has 0 aromatic heterocycles. The Hall–Kier alpha value is -6.27. The summed E-state index contributed by atoms with van der Waals surface area (Å²) >= 11 is 0. The van der Waals surface area contributed by atoms with Gasteiger partial charge >= 0.3 is 5.97 Å². The first kappa shape index (κ1) is 39.0. The summed E-state index contributed by atoms with van der Waals surface area (Å²) in [4.78, 5) is 24.4. The standard InChI is InChI=1S/C40H40N4O13/c1-2-20-11-21(13-25(45)12-20)18-54-35-30(56-39-34(48)36(49)40(52,37(57-39)38(50)51)16-24-17-42-19-43-24)15-29-32(33(35)47)27(46)14-28(55-29)22-3-6-26(7-4-22)53-10-9-23-5-8-31(41)44-23/h3-8,11-15,19,28,34,36-37,39,41,45-49,52H,2,9-10,16-18H2,1H3,(H,50,51). The molecule has 1 saturated heterocycles. The third-order valence-electron chi connectivity index (χ3n) is 9.75. The summed E-state index contributed by atoms with van der Waals surface area (Å²) in [5.41, 5.74) is 0.175. The van der Waals surface area contributed by atoms with Crippen LogP contribution in [0.15, 0.2) is 81.7 Å². The summed E-state index contributed by atoms with van der Waals surface area (Å²) in [6, 6.07) is 12.9. The molecule has 298 valence electrons. The van der Waals surface area contributed by atoms with Crippen LogP contribution in [0.3, 0.4) is 0 Å². The maximum absolute atomic E-state index is 12.4. The summed E-state index contributed by atoms with van der Waals surface area (Å²) in [6.07, 6.45) is -2.55. The molecule has 0 aliphatic carbocycles. The zero-order chi connectivity index (χ0) is 40.4. The lowest BCUT2D eigenvalue weighted by Crippen LogP contribution is -2.69. The number of aryl methyl sites for hydroxylation is 1. The number of nitrogens with one attached hydrogen (secondary N) is 1. The number of rotatable bonds is 14. The Bertz CT molecular complexity index is 2220. The average Bonchev–Trinajstić information content (AvgIpc) is 3.85. The highest BCUT2D eigenvalue weighted by Gasteiger charge is 2.59. The van der Waals surface area contributed by atoms with Crippen LogP contribution in [-0.4, -0.2) is 109 Å². The molecule has 8 N–H and O–H groups in total. The first-order chi connectivity index (χ1) is 27.3. The van der Waals surface area contributed by atoms with Crippen molar-refractivity contribution in [2.75, 3.05) is 13.2 Å². The van der Waals surface area contributed by atoms with Gasteiger partial charge in [-0.15, -0.1) is 0 Å². The lowest BCUT2D eigenvalue weighted by atomic mass is 9.80. The Morgan fingerprint density at radius 3 is 2.49 bits per heavy atom. The predicted molar refractivity (Wildman–Crippen MR) is 204 cm³/mol. The van der Waals surface area contributed by atoms with E-state index in [9.17, 15) is 40.5 Å². The number of fused-ring (bicyclic) bond motifs is 1. The molecular weight excluding hydrogens is 744 g/mol. The van der Waals surface area contributed by atoms with Crippen molar-refractivity contribution in [1.82, 2.24) is 0 Å². The second-order valence-corrected chi connectivity index (χ2v) is 13.8. The van der Waals surface area contributed by atoms with Crippen molar-refractivity contribution in [3.63, 3.8) is 0 Å². The smallest absolute Gasteiger partial charge is 0.336 e. The normalized spacial score (nSPS) is 24.9. The van der Waals surface area contributed by atoms with Crippen molar-refractivity contribution in [2.24, 2.45) is 15.0 Å². The maximum atomic E-state index is 12.4. The predicted octanol–water partition coefficient (Wildman–Crippen LogP) is 3.54. The number of allylic oxidation sites excluding steroid dienone is 1. The Morgan fingerprint density at radius 2 is 1.81 bits per heavy atom. The molecule has 0 amide bonds. The van der Waals surface area contributed by atoms with Gasteiger partial charge in [0, 0.05) is 36.4 Å². The molecule has 7 rings (SSSR count). The second-order valence-electron chi connectivity index (χ2n) is 13.8. The van der Waals surface area contributed by atoms with Gasteiger partial charge in [-0.2, -0.15) is 0 Å². The van der Waals surface area contributed by atoms with Crippen molar-refractivity contribution in [3.05, 3.63) is 89.0 Å². The summed E-state index contributed by atoms with van der Waals surface area (Å²) in [6.45, 7) is 2.04. The molecular formula is C40H40N4O13. The van der Waals surface area contributed by atoms with Crippen LogP contribution in [-0.2, 0) is 22.6 Å². The molecule has 0 spiro atoms. The van der Waals surface area contributed by atoms with Gasteiger partial charge < -0.3 is 59.4 Å². The van der Waals surface area contributed by atoms with Crippen LogP contribution in [0, 0.1) is 5.41 Å². The van der Waals surface area contributed by atoms with Crippen LogP contribution in [0.2, 0.25) is 0 Å². The number of carboxylic acid groups (broad SMARTS) is 1. The molecule has 0 bridgehead atoms. The molecule has 6 unspecified atom stereocenters. The number of aliphatic hydroxyl groups is 4. The van der Waals surface area contributed by atoms with Crippen molar-refractivity contribution in [2.45, 2.75) is 69.1 Å². The van der Waals surface area contributed by atoms with Crippen molar-refractivity contribution < 1.29 is 64.2 Å². The number of aliphatic hydroxyl groups excluding tert-OH is 3. The summed E-state index contributed by atoms with van der Waals surface area (Å²) in [5.74, 6) is -2.81. The van der Waals surface area contributed by atoms with Crippen LogP contribution in [0.4, 0.5) is 0 Å². The van der Waals surface area contributed by atoms with Gasteiger partial charge in [0.2, 0.25) is 12.0 Å². The average molecular weight is 785 g/mol. The van der Waals surface area contributed by atoms with Gasteiger partial charge in [0.1, 0.15) is 71.3 Å². The fourth-order valence-electron chi connectivity index (χ4n) is 6.85. The number of nitrogens with zero attached hydrogens (tertiary/aromatic N) is 3. The molecule has 0 radical (unpaired) electrons. The van der Waals surface area contributed by atoms with Gasteiger partial charge in [-0.1, -0.05) is 25.1 Å². The fraction of sp³-hybridized carbons (Fsp3) is 0.325. The van der Waals surface area contributed by atoms with Gasteiger partial charge in [0.25, 0.3) is 0 Å². The van der Waals surface area contributed by atoms with E-state index in [0.717, 1.165) is 11.3 Å². The van der Waals surface area contributed by atoms with E-state index < -0.39 is 54.4 Å². The van der Waals surface area contributed by atoms with E-state index in [0.29, 0.717) is 36.3 Å². The van der Waals surface area contributed by atoms with E-state index >= 15 is 0 Å². The first-order valence-corrected chi connectivity index (χ1v) is 18.0. The zero-order valence-corrected chi connectivity index (χ0v) is 30.5. The topological polar surface area (TPSA) is 266 Å². The highest BCUT2D eigenvalue weighted by Crippen LogP contribution is 2.51. The number of phenolic OH excluding ortho intramolecular Hbond substituents is 2. The summed E-state index contributed by atoms with van der Waals surface area (Å²) in [5, 5.41) is 84.6. The van der Waals surface area contributed by atoms with Crippen LogP contribution in [0.5, 0.6) is 34.5 Å². The van der Waals surface area contributed by atoms with Gasteiger partial charge in [-0.05, 0) is 59.5 Å². The van der Waals surface area contributed by atoms with E-state index in [4.69, 9.17) is 29.1 Å². The zero-order valence-electron chi connectivity index (χ0n) is 30.5. The Balaban J connectivity index is 1.17. The van der Waals surface area contributed by atoms with Crippen LogP contribution in [0.25, 0.3) is 5.76 Å². The second kappa shape index (κ2) is 16.1. The van der Waals surface area contributed by atoms with E-state index in [1.54, 1.807) is 48.6 Å². The van der Waals surface area contributed by atoms with Crippen LogP contribution in [0.1, 0.15) is 48.1 Å². The monoisotopic (exact) mass is 784 g/mol. The number of carbonyl (C=O) groups is 1. The minimum absolute atomic E-state index is 0.0210. The third kappa shape index (κ3) is 8.17. The minimum atomic E-state index is -2.54. The number of benzene rings is 3. The number of aromatic hydroxyl groups is 2. The molecule has 0 saturated carbocycles. The van der Waals surface area contributed by atoms with E-state index in [1.807, 2.05) is 6.92 Å². The maximum Gasteiger partial charge on any atom is 0.336 e. The van der Waals surface area contributed by atoms with Gasteiger partial charge in [-0.25, -0.2) is 14.8 Å². The Labute approximate surface area is 325 Å². The quantitative estimate of drug-likeness (QED) is 0.116. The summed E-state index contributed by atoms with van der Waals surface area (Å²) in [7, 11) is 0. The highest BCUT2D eigenvalue weighted by atomic mass is 16.7. The van der Waals surface area contributed by atoms with Crippen LogP contribution >= 0.6 is 0 Å². The largest absolute Gasteiger partial charge is 0.508 e. The van der Waals surface area contributed by atoms with Crippen molar-refractivity contribution in [1.29, 1.82) is 5.41 Å². The number of hydrogen-bond acceptors (Lipinski definition) is 15. The highest BCUT2D eigenvalue weighted by molar-refractivity contribution is 6.14. The van der Waals surface area contributed by atoms with E-state index in [2.05, 4.69) is 15.0 Å². The third-order valence-corrected chi connectivity index (χ3v) is 9.75. The summed E-state index contributed by atoms with van der Waals surface area (Å²) < 4.78 is 29.6. The van der Waals surface area contributed by atoms with Gasteiger partial charge in [-0.3, -0.25) is 10.4 Å². The Kier molecular flexibility index (Phi) is 11.0. The lowest BCUT2D eigenvalue weighted by Gasteiger charge is -2.46. The first-order valence-electron chi connectivity index (χ1n) is 18.0. The fourth-order valence-corrected chi connectivity index (χ4v) is 6.85. The molecule has 4 aliphatic rings. The minimum Gasteiger partial charge on any atom is -0.508 e. The number of ether oxygens (including phenoxy) is 5. The molecule has 4 aliphatic heterocycles. The number of carboxylic acids is 1. The lowest BCUT2D eigenvalue weighted by molar-refractivity contribution is -0.303. The van der Waals surface area contributed by atoms with Gasteiger partial charge in [0.15, 0.2) is 17.6 Å². The number of aliphatic imine (C=N–C) groups is 3.